The Morgan fingerprint density at radius 1 is 1.38 bits per heavy atom. The largest absolute Gasteiger partial charge is 0.383 e. The molecular formula is C19H25N5O2. The van der Waals surface area contributed by atoms with E-state index in [4.69, 9.17) is 10.5 Å². The molecule has 4 heterocycles. The first-order valence-electron chi connectivity index (χ1n) is 9.26. The van der Waals surface area contributed by atoms with Gasteiger partial charge in [-0.2, -0.15) is 5.10 Å². The number of carbonyl (C=O) groups is 1. The fourth-order valence-electron chi connectivity index (χ4n) is 4.15. The average Bonchev–Trinajstić information content (AvgIpc) is 3.00. The van der Waals surface area contributed by atoms with E-state index in [1.54, 1.807) is 6.20 Å². The van der Waals surface area contributed by atoms with Crippen LogP contribution in [0.4, 0.5) is 5.82 Å². The number of aromatic nitrogens is 3. The molecule has 0 radical (unpaired) electrons. The Morgan fingerprint density at radius 3 is 2.96 bits per heavy atom. The summed E-state index contributed by atoms with van der Waals surface area (Å²) >= 11 is 0. The number of hydrogen-bond acceptors (Lipinski definition) is 5. The van der Waals surface area contributed by atoms with Crippen molar-refractivity contribution in [3.05, 3.63) is 40.3 Å². The third-order valence-electron chi connectivity index (χ3n) is 5.38. The van der Waals surface area contributed by atoms with Crippen molar-refractivity contribution in [2.24, 2.45) is 0 Å². The summed E-state index contributed by atoms with van der Waals surface area (Å²) < 4.78 is 7.85. The third kappa shape index (κ3) is 2.67. The minimum absolute atomic E-state index is 0.0244. The highest BCUT2D eigenvalue weighted by molar-refractivity contribution is 5.94. The zero-order valence-corrected chi connectivity index (χ0v) is 15.5. The fourth-order valence-corrected chi connectivity index (χ4v) is 4.15. The summed E-state index contributed by atoms with van der Waals surface area (Å²) in [4.78, 5) is 19.3. The number of fused-ring (bicyclic) bond motifs is 2. The van der Waals surface area contributed by atoms with Crippen molar-refractivity contribution in [1.82, 2.24) is 19.7 Å². The lowest BCUT2D eigenvalue weighted by atomic mass is 9.97. The smallest absolute Gasteiger partial charge is 0.274 e. The molecule has 0 saturated carbocycles. The summed E-state index contributed by atoms with van der Waals surface area (Å²) in [5, 5.41) is 4.65. The van der Waals surface area contributed by atoms with E-state index in [1.807, 2.05) is 36.4 Å². The van der Waals surface area contributed by atoms with E-state index in [9.17, 15) is 4.79 Å². The predicted molar refractivity (Wildman–Crippen MR) is 97.7 cm³/mol. The summed E-state index contributed by atoms with van der Waals surface area (Å²) in [5.41, 5.74) is 10.8. The number of hydrogen-bond donors (Lipinski definition) is 1. The number of pyridine rings is 1. The van der Waals surface area contributed by atoms with E-state index < -0.39 is 0 Å². The average molecular weight is 355 g/mol. The Balaban J connectivity index is 1.69. The second-order valence-electron chi connectivity index (χ2n) is 7.13. The van der Waals surface area contributed by atoms with Crippen LogP contribution >= 0.6 is 0 Å². The van der Waals surface area contributed by atoms with Crippen LogP contribution in [0.1, 0.15) is 59.7 Å². The highest BCUT2D eigenvalue weighted by Gasteiger charge is 2.34. The highest BCUT2D eigenvalue weighted by Crippen LogP contribution is 2.33. The molecule has 2 aromatic rings. The van der Waals surface area contributed by atoms with Gasteiger partial charge in [0.2, 0.25) is 0 Å². The van der Waals surface area contributed by atoms with Crippen molar-refractivity contribution >= 4 is 11.7 Å². The van der Waals surface area contributed by atoms with Gasteiger partial charge in [-0.25, -0.2) is 4.98 Å². The van der Waals surface area contributed by atoms with Crippen LogP contribution in [0, 0.1) is 0 Å². The first-order chi connectivity index (χ1) is 12.5. The number of nitrogen functional groups attached to an aromatic ring is 1. The van der Waals surface area contributed by atoms with Crippen molar-refractivity contribution < 1.29 is 9.53 Å². The molecular weight excluding hydrogens is 330 g/mol. The molecule has 2 aromatic heterocycles. The van der Waals surface area contributed by atoms with Crippen LogP contribution < -0.4 is 5.73 Å². The Bertz CT molecular complexity index is 860. The van der Waals surface area contributed by atoms with E-state index >= 15 is 0 Å². The molecule has 1 amide bonds. The zero-order valence-electron chi connectivity index (χ0n) is 15.5. The van der Waals surface area contributed by atoms with Gasteiger partial charge in [-0.1, -0.05) is 0 Å². The molecule has 2 aliphatic heterocycles. The summed E-state index contributed by atoms with van der Waals surface area (Å²) in [7, 11) is 0. The van der Waals surface area contributed by atoms with Gasteiger partial charge in [0.15, 0.2) is 5.69 Å². The predicted octanol–water partition coefficient (Wildman–Crippen LogP) is 2.10. The molecule has 0 aliphatic carbocycles. The van der Waals surface area contributed by atoms with Gasteiger partial charge in [0.25, 0.3) is 5.91 Å². The minimum Gasteiger partial charge on any atom is -0.383 e. The SMILES string of the molecule is CCn1nc(C(=O)N2CCc3ccnc(N)c3C2)c2c1[C@H](C)O[C@H](C)C2. The molecule has 2 N–H and O–H groups in total. The van der Waals surface area contributed by atoms with Crippen molar-refractivity contribution in [1.29, 1.82) is 0 Å². The lowest BCUT2D eigenvalue weighted by Gasteiger charge is -2.30. The maximum absolute atomic E-state index is 13.3. The van der Waals surface area contributed by atoms with Gasteiger partial charge in [-0.15, -0.1) is 0 Å². The maximum atomic E-state index is 13.3. The Kier molecular flexibility index (Phi) is 4.19. The van der Waals surface area contributed by atoms with Gasteiger partial charge >= 0.3 is 0 Å². The summed E-state index contributed by atoms with van der Waals surface area (Å²) in [5.74, 6) is 0.486. The number of nitrogens with zero attached hydrogens (tertiary/aromatic N) is 4. The van der Waals surface area contributed by atoms with Crippen LogP contribution in [-0.4, -0.2) is 38.2 Å². The van der Waals surface area contributed by atoms with Gasteiger partial charge in [0.05, 0.1) is 17.9 Å². The molecule has 0 aromatic carbocycles. The van der Waals surface area contributed by atoms with Crippen molar-refractivity contribution in [3.8, 4) is 0 Å². The number of anilines is 1. The zero-order chi connectivity index (χ0) is 18.4. The fraction of sp³-hybridized carbons (Fsp3) is 0.526. The van der Waals surface area contributed by atoms with Crippen LogP contribution in [0.15, 0.2) is 12.3 Å². The molecule has 2 aliphatic rings. The van der Waals surface area contributed by atoms with Gasteiger partial charge in [0.1, 0.15) is 5.82 Å². The van der Waals surface area contributed by atoms with E-state index in [-0.39, 0.29) is 18.1 Å². The Morgan fingerprint density at radius 2 is 2.19 bits per heavy atom. The molecule has 26 heavy (non-hydrogen) atoms. The van der Waals surface area contributed by atoms with E-state index in [2.05, 4.69) is 10.1 Å². The molecule has 7 nitrogen and oxygen atoms in total. The molecule has 0 saturated heterocycles. The van der Waals surface area contributed by atoms with Crippen LogP contribution in [0.2, 0.25) is 0 Å². The van der Waals surface area contributed by atoms with Gasteiger partial charge in [0, 0.05) is 43.4 Å². The number of aryl methyl sites for hydroxylation is 1. The van der Waals surface area contributed by atoms with Crippen LogP contribution in [0.3, 0.4) is 0 Å². The number of rotatable bonds is 2. The highest BCUT2D eigenvalue weighted by atomic mass is 16.5. The first-order valence-corrected chi connectivity index (χ1v) is 9.26. The Hall–Kier alpha value is -2.41. The quantitative estimate of drug-likeness (QED) is 0.891. The topological polar surface area (TPSA) is 86.3 Å². The van der Waals surface area contributed by atoms with Crippen molar-refractivity contribution in [3.63, 3.8) is 0 Å². The van der Waals surface area contributed by atoms with Crippen LogP contribution in [0.5, 0.6) is 0 Å². The lowest BCUT2D eigenvalue weighted by molar-refractivity contribution is -0.00952. The first kappa shape index (κ1) is 17.0. The summed E-state index contributed by atoms with van der Waals surface area (Å²) in [6, 6.07) is 1.99. The van der Waals surface area contributed by atoms with Crippen molar-refractivity contribution in [2.75, 3.05) is 12.3 Å². The second-order valence-corrected chi connectivity index (χ2v) is 7.13. The maximum Gasteiger partial charge on any atom is 0.274 e. The van der Waals surface area contributed by atoms with Crippen molar-refractivity contribution in [2.45, 2.75) is 58.9 Å². The Labute approximate surface area is 153 Å². The number of nitrogens with two attached hydrogens (primary N) is 1. The molecule has 4 rings (SSSR count). The molecule has 0 fully saturated rings. The van der Waals surface area contributed by atoms with Gasteiger partial charge in [-0.05, 0) is 38.8 Å². The molecule has 2 atom stereocenters. The normalized spacial score (nSPS) is 22.0. The molecule has 7 heteroatoms. The van der Waals surface area contributed by atoms with E-state index in [0.29, 0.717) is 24.6 Å². The second kappa shape index (κ2) is 6.39. The lowest BCUT2D eigenvalue weighted by Crippen LogP contribution is -2.37. The molecule has 138 valence electrons. The third-order valence-corrected chi connectivity index (χ3v) is 5.38. The standard InChI is InChI=1S/C19H25N5O2/c1-4-24-17-12(3)26-11(2)9-14(17)16(22-24)19(25)23-8-6-13-5-7-21-18(20)15(13)10-23/h5,7,11-12H,4,6,8-10H2,1-3H3,(H2,20,21)/t11-,12+/m1/s1. The van der Waals surface area contributed by atoms with Crippen LogP contribution in [0.25, 0.3) is 0 Å². The number of carbonyl (C=O) groups excluding carboxylic acids is 1. The van der Waals surface area contributed by atoms with E-state index in [1.165, 1.54) is 5.56 Å². The molecule has 0 bridgehead atoms. The number of amides is 1. The summed E-state index contributed by atoms with van der Waals surface area (Å²) in [6.45, 7) is 7.99. The van der Waals surface area contributed by atoms with Gasteiger partial charge in [-0.3, -0.25) is 9.48 Å². The van der Waals surface area contributed by atoms with Crippen LogP contribution in [-0.2, 0) is 30.7 Å². The van der Waals surface area contributed by atoms with E-state index in [0.717, 1.165) is 36.2 Å². The monoisotopic (exact) mass is 355 g/mol. The van der Waals surface area contributed by atoms with Gasteiger partial charge < -0.3 is 15.4 Å². The minimum atomic E-state index is -0.0512. The molecule has 0 spiro atoms. The number of ether oxygens (including phenoxy) is 1. The molecule has 0 unspecified atom stereocenters. The summed E-state index contributed by atoms with van der Waals surface area (Å²) in [6.07, 6.45) is 3.27.